The molecule has 0 aliphatic carbocycles. The SMILES string of the molecule is C[C@H](NC(=O)C(C)(C)CSc1ccc(Br)cc1)c1ccccc1. The van der Waals surface area contributed by atoms with Crippen molar-refractivity contribution in [2.24, 2.45) is 5.41 Å². The van der Waals surface area contributed by atoms with Crippen molar-refractivity contribution in [3.05, 3.63) is 64.6 Å². The molecule has 2 nitrogen and oxygen atoms in total. The minimum Gasteiger partial charge on any atom is -0.349 e. The van der Waals surface area contributed by atoms with E-state index in [4.69, 9.17) is 0 Å². The normalized spacial score (nSPS) is 12.7. The van der Waals surface area contributed by atoms with Crippen molar-refractivity contribution >= 4 is 33.6 Å². The van der Waals surface area contributed by atoms with Gasteiger partial charge in [0.25, 0.3) is 0 Å². The van der Waals surface area contributed by atoms with E-state index in [1.165, 1.54) is 4.90 Å². The van der Waals surface area contributed by atoms with Crippen LogP contribution in [0.4, 0.5) is 0 Å². The zero-order valence-corrected chi connectivity index (χ0v) is 16.1. The lowest BCUT2D eigenvalue weighted by atomic mass is 9.94. The van der Waals surface area contributed by atoms with E-state index in [9.17, 15) is 4.79 Å². The average molecular weight is 392 g/mol. The highest BCUT2D eigenvalue weighted by Gasteiger charge is 2.28. The Balaban J connectivity index is 1.92. The molecule has 0 fully saturated rings. The highest BCUT2D eigenvalue weighted by molar-refractivity contribution is 9.10. The summed E-state index contributed by atoms with van der Waals surface area (Å²) in [5.74, 6) is 0.820. The smallest absolute Gasteiger partial charge is 0.226 e. The number of amides is 1. The Kier molecular flexibility index (Phi) is 6.31. The molecule has 4 heteroatoms. The first kappa shape index (κ1) is 18.1. The molecule has 0 bridgehead atoms. The maximum atomic E-state index is 12.6. The van der Waals surface area contributed by atoms with Gasteiger partial charge in [0.1, 0.15) is 0 Å². The van der Waals surface area contributed by atoms with Crippen LogP contribution in [0.5, 0.6) is 0 Å². The zero-order valence-electron chi connectivity index (χ0n) is 13.7. The summed E-state index contributed by atoms with van der Waals surface area (Å²) in [5, 5.41) is 3.12. The van der Waals surface area contributed by atoms with Crippen LogP contribution in [0, 0.1) is 5.41 Å². The number of halogens is 1. The molecule has 0 saturated carbocycles. The summed E-state index contributed by atoms with van der Waals surface area (Å²) in [7, 11) is 0. The van der Waals surface area contributed by atoms with E-state index in [1.807, 2.05) is 63.2 Å². The Morgan fingerprint density at radius 3 is 2.35 bits per heavy atom. The van der Waals surface area contributed by atoms with Gasteiger partial charge in [-0.25, -0.2) is 0 Å². The summed E-state index contributed by atoms with van der Waals surface area (Å²) in [6.45, 7) is 6.00. The number of nitrogens with one attached hydrogen (secondary N) is 1. The minimum absolute atomic E-state index is 0.0145. The lowest BCUT2D eigenvalue weighted by Crippen LogP contribution is -2.39. The van der Waals surface area contributed by atoms with Crippen LogP contribution in [0.25, 0.3) is 0 Å². The predicted molar refractivity (Wildman–Crippen MR) is 102 cm³/mol. The highest BCUT2D eigenvalue weighted by atomic mass is 79.9. The van der Waals surface area contributed by atoms with E-state index in [0.717, 1.165) is 15.8 Å². The molecule has 1 N–H and O–H groups in total. The Morgan fingerprint density at radius 1 is 1.13 bits per heavy atom. The number of benzene rings is 2. The van der Waals surface area contributed by atoms with Crippen molar-refractivity contribution in [2.45, 2.75) is 31.7 Å². The number of carbonyl (C=O) groups is 1. The molecule has 2 rings (SSSR count). The van der Waals surface area contributed by atoms with Crippen molar-refractivity contribution in [3.63, 3.8) is 0 Å². The topological polar surface area (TPSA) is 29.1 Å². The molecule has 2 aromatic rings. The summed E-state index contributed by atoms with van der Waals surface area (Å²) in [6, 6.07) is 18.2. The van der Waals surface area contributed by atoms with Gasteiger partial charge >= 0.3 is 0 Å². The molecule has 0 unspecified atom stereocenters. The molecular formula is C19H22BrNOS. The number of thioether (sulfide) groups is 1. The third-order valence-corrected chi connectivity index (χ3v) is 5.68. The van der Waals surface area contributed by atoms with Crippen LogP contribution < -0.4 is 5.32 Å². The van der Waals surface area contributed by atoms with Gasteiger partial charge in [-0.15, -0.1) is 11.8 Å². The van der Waals surface area contributed by atoms with E-state index in [-0.39, 0.29) is 11.9 Å². The van der Waals surface area contributed by atoms with Crippen molar-refractivity contribution in [1.29, 1.82) is 0 Å². The summed E-state index contributed by atoms with van der Waals surface area (Å²) >= 11 is 5.14. The fourth-order valence-electron chi connectivity index (χ4n) is 2.08. The van der Waals surface area contributed by atoms with E-state index in [2.05, 4.69) is 33.4 Å². The lowest BCUT2D eigenvalue weighted by molar-refractivity contribution is -0.128. The van der Waals surface area contributed by atoms with Crippen LogP contribution in [-0.4, -0.2) is 11.7 Å². The fraction of sp³-hybridized carbons (Fsp3) is 0.316. The van der Waals surface area contributed by atoms with E-state index in [0.29, 0.717) is 0 Å². The molecular weight excluding hydrogens is 370 g/mol. The molecule has 122 valence electrons. The quantitative estimate of drug-likeness (QED) is 0.663. The van der Waals surface area contributed by atoms with Gasteiger partial charge in [0.2, 0.25) is 5.91 Å². The molecule has 0 spiro atoms. The zero-order chi connectivity index (χ0) is 16.9. The van der Waals surface area contributed by atoms with Crippen LogP contribution in [-0.2, 0) is 4.79 Å². The number of hydrogen-bond donors (Lipinski definition) is 1. The first-order valence-corrected chi connectivity index (χ1v) is 9.40. The molecule has 0 aromatic heterocycles. The molecule has 0 heterocycles. The monoisotopic (exact) mass is 391 g/mol. The number of hydrogen-bond acceptors (Lipinski definition) is 2. The highest BCUT2D eigenvalue weighted by Crippen LogP contribution is 2.29. The van der Waals surface area contributed by atoms with E-state index >= 15 is 0 Å². The first-order chi connectivity index (χ1) is 10.9. The Labute approximate surface area is 151 Å². The molecule has 23 heavy (non-hydrogen) atoms. The van der Waals surface area contributed by atoms with Crippen molar-refractivity contribution in [2.75, 3.05) is 5.75 Å². The third kappa shape index (κ3) is 5.40. The molecule has 0 saturated heterocycles. The largest absolute Gasteiger partial charge is 0.349 e. The van der Waals surface area contributed by atoms with Gasteiger partial charge in [0.15, 0.2) is 0 Å². The van der Waals surface area contributed by atoms with Crippen LogP contribution in [0.1, 0.15) is 32.4 Å². The number of carbonyl (C=O) groups excluding carboxylic acids is 1. The van der Waals surface area contributed by atoms with Gasteiger partial charge in [-0.2, -0.15) is 0 Å². The fourth-order valence-corrected chi connectivity index (χ4v) is 3.33. The molecule has 0 aliphatic rings. The minimum atomic E-state index is -0.430. The standard InChI is InChI=1S/C19H22BrNOS/c1-14(15-7-5-4-6-8-15)21-18(22)19(2,3)13-23-17-11-9-16(20)10-12-17/h4-12,14H,13H2,1-3H3,(H,21,22)/t14-/m0/s1. The second-order valence-corrected chi connectivity index (χ2v) is 8.20. The van der Waals surface area contributed by atoms with Gasteiger partial charge in [-0.05, 0) is 36.8 Å². The maximum absolute atomic E-state index is 12.6. The van der Waals surface area contributed by atoms with Crippen molar-refractivity contribution in [3.8, 4) is 0 Å². The van der Waals surface area contributed by atoms with E-state index in [1.54, 1.807) is 11.8 Å². The molecule has 2 aromatic carbocycles. The first-order valence-electron chi connectivity index (χ1n) is 7.63. The summed E-state index contributed by atoms with van der Waals surface area (Å²) in [5.41, 5.74) is 0.693. The Hall–Kier alpha value is -1.26. The van der Waals surface area contributed by atoms with Gasteiger partial charge in [-0.1, -0.05) is 60.1 Å². The Morgan fingerprint density at radius 2 is 1.74 bits per heavy atom. The van der Waals surface area contributed by atoms with Gasteiger partial charge in [-0.3, -0.25) is 4.79 Å². The summed E-state index contributed by atoms with van der Waals surface area (Å²) < 4.78 is 1.07. The van der Waals surface area contributed by atoms with Crippen LogP contribution in [0.2, 0.25) is 0 Å². The second-order valence-electron chi connectivity index (χ2n) is 6.23. The van der Waals surface area contributed by atoms with Crippen LogP contribution >= 0.6 is 27.7 Å². The molecule has 0 radical (unpaired) electrons. The third-order valence-electron chi connectivity index (χ3n) is 3.68. The van der Waals surface area contributed by atoms with Crippen molar-refractivity contribution < 1.29 is 4.79 Å². The molecule has 1 atom stereocenters. The molecule has 1 amide bonds. The lowest BCUT2D eigenvalue weighted by Gasteiger charge is -2.26. The van der Waals surface area contributed by atoms with Gasteiger partial charge < -0.3 is 5.32 Å². The summed E-state index contributed by atoms with van der Waals surface area (Å²) in [4.78, 5) is 13.8. The number of rotatable bonds is 6. The van der Waals surface area contributed by atoms with E-state index < -0.39 is 5.41 Å². The van der Waals surface area contributed by atoms with Gasteiger partial charge in [0, 0.05) is 15.1 Å². The molecule has 0 aliphatic heterocycles. The second kappa shape index (κ2) is 8.02. The average Bonchev–Trinajstić information content (AvgIpc) is 2.55. The van der Waals surface area contributed by atoms with Crippen molar-refractivity contribution in [1.82, 2.24) is 5.32 Å². The van der Waals surface area contributed by atoms with Crippen LogP contribution in [0.15, 0.2) is 64.0 Å². The van der Waals surface area contributed by atoms with Gasteiger partial charge in [0.05, 0.1) is 11.5 Å². The predicted octanol–water partition coefficient (Wildman–Crippen LogP) is 5.44. The Bertz CT molecular complexity index is 640. The summed E-state index contributed by atoms with van der Waals surface area (Å²) in [6.07, 6.45) is 0. The van der Waals surface area contributed by atoms with Crippen LogP contribution in [0.3, 0.4) is 0 Å². The maximum Gasteiger partial charge on any atom is 0.226 e.